The highest BCUT2D eigenvalue weighted by atomic mass is 32.2. The fourth-order valence-corrected chi connectivity index (χ4v) is 4.66. The van der Waals surface area contributed by atoms with Crippen molar-refractivity contribution in [1.29, 1.82) is 0 Å². The molecule has 1 aliphatic rings. The topological polar surface area (TPSA) is 32.3 Å². The van der Waals surface area contributed by atoms with Crippen LogP contribution in [0.5, 0.6) is 0 Å². The number of nitrogens with one attached hydrogen (secondary N) is 1. The summed E-state index contributed by atoms with van der Waals surface area (Å²) in [6.07, 6.45) is 4.41. The molecule has 0 aromatic heterocycles. The monoisotopic (exact) mass is 430 g/mol. The van der Waals surface area contributed by atoms with Crippen molar-refractivity contribution in [2.45, 2.75) is 36.7 Å². The quantitative estimate of drug-likeness (QED) is 0.487. The molecule has 3 aromatic carbocycles. The summed E-state index contributed by atoms with van der Waals surface area (Å²) in [5, 5.41) is 3.06. The number of likely N-dealkylation sites (tertiary alicyclic amines) is 1. The van der Waals surface area contributed by atoms with Crippen molar-refractivity contribution in [3.63, 3.8) is 0 Å². The predicted octanol–water partition coefficient (Wildman–Crippen LogP) is 5.72. The molecular formula is C27H30N2OS. The highest BCUT2D eigenvalue weighted by Gasteiger charge is 2.20. The zero-order valence-electron chi connectivity index (χ0n) is 18.1. The molecule has 1 aliphatic heterocycles. The van der Waals surface area contributed by atoms with Gasteiger partial charge < -0.3 is 5.32 Å². The molecule has 0 saturated carbocycles. The maximum Gasteiger partial charge on any atom is 0.251 e. The summed E-state index contributed by atoms with van der Waals surface area (Å²) < 4.78 is 0. The third kappa shape index (κ3) is 5.99. The Morgan fingerprint density at radius 1 is 0.935 bits per heavy atom. The zero-order valence-corrected chi connectivity index (χ0v) is 18.9. The normalized spacial score (nSPS) is 15.0. The van der Waals surface area contributed by atoms with Gasteiger partial charge in [-0.25, -0.2) is 0 Å². The third-order valence-corrected chi connectivity index (χ3v) is 6.81. The SMILES string of the molecule is CSc1ccc(C(=O)NCc2cccc(C3CCN(Cc4ccccc4)CC3)c2)cc1. The van der Waals surface area contributed by atoms with Crippen LogP contribution in [0, 0.1) is 0 Å². The van der Waals surface area contributed by atoms with Crippen LogP contribution in [0.3, 0.4) is 0 Å². The number of hydrogen-bond acceptors (Lipinski definition) is 3. The molecule has 0 radical (unpaired) electrons. The van der Waals surface area contributed by atoms with Crippen LogP contribution in [0.2, 0.25) is 0 Å². The number of carbonyl (C=O) groups excluding carboxylic acids is 1. The first-order valence-corrected chi connectivity index (χ1v) is 12.2. The number of thioether (sulfide) groups is 1. The average Bonchev–Trinajstić information content (AvgIpc) is 2.84. The first-order valence-electron chi connectivity index (χ1n) is 11.0. The summed E-state index contributed by atoms with van der Waals surface area (Å²) in [4.78, 5) is 16.2. The lowest BCUT2D eigenvalue weighted by molar-refractivity contribution is 0.0951. The second kappa shape index (κ2) is 10.7. The summed E-state index contributed by atoms with van der Waals surface area (Å²) in [6.45, 7) is 3.86. The Labute approximate surface area is 189 Å². The molecule has 0 unspecified atom stereocenters. The van der Waals surface area contributed by atoms with E-state index in [0.29, 0.717) is 18.0 Å². The van der Waals surface area contributed by atoms with E-state index in [2.05, 4.69) is 64.8 Å². The van der Waals surface area contributed by atoms with Gasteiger partial charge in [0.15, 0.2) is 0 Å². The second-order valence-corrected chi connectivity index (χ2v) is 9.07. The average molecular weight is 431 g/mol. The molecule has 4 rings (SSSR count). The number of hydrogen-bond donors (Lipinski definition) is 1. The maximum absolute atomic E-state index is 12.5. The highest BCUT2D eigenvalue weighted by molar-refractivity contribution is 7.98. The number of nitrogens with zero attached hydrogens (tertiary/aromatic N) is 1. The minimum atomic E-state index is -0.0210. The molecule has 4 heteroatoms. The molecule has 1 amide bonds. The molecule has 160 valence electrons. The Morgan fingerprint density at radius 2 is 1.65 bits per heavy atom. The van der Waals surface area contributed by atoms with Crippen LogP contribution in [0.15, 0.2) is 83.8 Å². The van der Waals surface area contributed by atoms with Crippen LogP contribution in [-0.2, 0) is 13.1 Å². The van der Waals surface area contributed by atoms with E-state index in [-0.39, 0.29) is 5.91 Å². The van der Waals surface area contributed by atoms with Crippen LogP contribution in [-0.4, -0.2) is 30.2 Å². The van der Waals surface area contributed by atoms with Gasteiger partial charge in [-0.15, -0.1) is 11.8 Å². The van der Waals surface area contributed by atoms with Gasteiger partial charge in [-0.05, 0) is 79.1 Å². The number of carbonyl (C=O) groups is 1. The van der Waals surface area contributed by atoms with E-state index < -0.39 is 0 Å². The van der Waals surface area contributed by atoms with Crippen molar-refractivity contribution in [1.82, 2.24) is 10.2 Å². The van der Waals surface area contributed by atoms with Crippen LogP contribution < -0.4 is 5.32 Å². The summed E-state index contributed by atoms with van der Waals surface area (Å²) in [5.41, 5.74) is 4.66. The van der Waals surface area contributed by atoms with E-state index in [1.807, 2.05) is 30.5 Å². The molecule has 3 aromatic rings. The van der Waals surface area contributed by atoms with Gasteiger partial charge in [0.1, 0.15) is 0 Å². The predicted molar refractivity (Wildman–Crippen MR) is 130 cm³/mol. The molecule has 31 heavy (non-hydrogen) atoms. The van der Waals surface area contributed by atoms with Crippen LogP contribution in [0.4, 0.5) is 0 Å². The van der Waals surface area contributed by atoms with Gasteiger partial charge >= 0.3 is 0 Å². The molecule has 1 heterocycles. The summed E-state index contributed by atoms with van der Waals surface area (Å²) in [6, 6.07) is 27.2. The number of amides is 1. The summed E-state index contributed by atoms with van der Waals surface area (Å²) in [7, 11) is 0. The largest absolute Gasteiger partial charge is 0.348 e. The van der Waals surface area contributed by atoms with Gasteiger partial charge in [0.2, 0.25) is 0 Å². The van der Waals surface area contributed by atoms with Crippen molar-refractivity contribution in [2.75, 3.05) is 19.3 Å². The molecule has 0 aliphatic carbocycles. The van der Waals surface area contributed by atoms with E-state index in [1.165, 1.54) is 34.4 Å². The fraction of sp³-hybridized carbons (Fsp3) is 0.296. The summed E-state index contributed by atoms with van der Waals surface area (Å²) in [5.74, 6) is 0.578. The lowest BCUT2D eigenvalue weighted by Gasteiger charge is -2.32. The van der Waals surface area contributed by atoms with Gasteiger partial charge in [-0.2, -0.15) is 0 Å². The Hall–Kier alpha value is -2.56. The highest BCUT2D eigenvalue weighted by Crippen LogP contribution is 2.29. The molecule has 0 atom stereocenters. The first-order chi connectivity index (χ1) is 15.2. The first kappa shape index (κ1) is 21.7. The van der Waals surface area contributed by atoms with Gasteiger partial charge in [0, 0.05) is 23.5 Å². The minimum Gasteiger partial charge on any atom is -0.348 e. The lowest BCUT2D eigenvalue weighted by Crippen LogP contribution is -2.32. The Bertz CT molecular complexity index is 980. The van der Waals surface area contributed by atoms with Crippen molar-refractivity contribution in [2.24, 2.45) is 0 Å². The molecule has 3 nitrogen and oxygen atoms in total. The molecule has 1 fully saturated rings. The minimum absolute atomic E-state index is 0.0210. The molecule has 1 N–H and O–H groups in total. The van der Waals surface area contributed by atoms with E-state index in [4.69, 9.17) is 0 Å². The van der Waals surface area contributed by atoms with E-state index >= 15 is 0 Å². The molecule has 1 saturated heterocycles. The van der Waals surface area contributed by atoms with Crippen molar-refractivity contribution >= 4 is 17.7 Å². The number of rotatable bonds is 7. The molecular weight excluding hydrogens is 400 g/mol. The Balaban J connectivity index is 1.29. The Kier molecular flexibility index (Phi) is 7.44. The van der Waals surface area contributed by atoms with Gasteiger partial charge in [-0.3, -0.25) is 9.69 Å². The summed E-state index contributed by atoms with van der Waals surface area (Å²) >= 11 is 1.68. The van der Waals surface area contributed by atoms with Crippen molar-refractivity contribution < 1.29 is 4.79 Å². The molecule has 0 bridgehead atoms. The van der Waals surface area contributed by atoms with Crippen molar-refractivity contribution in [3.8, 4) is 0 Å². The third-order valence-electron chi connectivity index (χ3n) is 6.06. The number of piperidine rings is 1. The second-order valence-electron chi connectivity index (χ2n) is 8.19. The number of benzene rings is 3. The van der Waals surface area contributed by atoms with Crippen molar-refractivity contribution in [3.05, 3.63) is 101 Å². The zero-order chi connectivity index (χ0) is 21.5. The van der Waals surface area contributed by atoms with Crippen LogP contribution in [0.25, 0.3) is 0 Å². The molecule has 0 spiro atoms. The van der Waals surface area contributed by atoms with E-state index in [1.54, 1.807) is 11.8 Å². The van der Waals surface area contributed by atoms with Gasteiger partial charge in [0.25, 0.3) is 5.91 Å². The lowest BCUT2D eigenvalue weighted by atomic mass is 9.88. The fourth-order valence-electron chi connectivity index (χ4n) is 4.25. The van der Waals surface area contributed by atoms with E-state index in [9.17, 15) is 4.79 Å². The van der Waals surface area contributed by atoms with Crippen LogP contribution >= 0.6 is 11.8 Å². The Morgan fingerprint density at radius 3 is 2.35 bits per heavy atom. The van der Waals surface area contributed by atoms with Crippen LogP contribution in [0.1, 0.15) is 45.8 Å². The van der Waals surface area contributed by atoms with Gasteiger partial charge in [0.05, 0.1) is 0 Å². The standard InChI is InChI=1S/C27H30N2OS/c1-31-26-12-10-24(11-13-26)27(30)28-19-22-8-5-9-25(18-22)23-14-16-29(17-15-23)20-21-6-3-2-4-7-21/h2-13,18,23H,14-17,19-20H2,1H3,(H,28,30). The van der Waals surface area contributed by atoms with Gasteiger partial charge in [-0.1, -0.05) is 54.6 Å². The smallest absolute Gasteiger partial charge is 0.251 e. The van der Waals surface area contributed by atoms with E-state index in [0.717, 1.165) is 19.6 Å². The maximum atomic E-state index is 12.5.